The Balaban J connectivity index is 1.50. The maximum absolute atomic E-state index is 12.2. The van der Waals surface area contributed by atoms with E-state index in [-0.39, 0.29) is 18.5 Å². The van der Waals surface area contributed by atoms with Gasteiger partial charge in [0.2, 0.25) is 0 Å². The topological polar surface area (TPSA) is 69.6 Å². The molecule has 5 heteroatoms. The molecule has 2 amide bonds. The molecule has 106 valence electrons. The number of carbonyl (C=O) groups excluding carboxylic acids is 1. The van der Waals surface area contributed by atoms with Crippen LogP contribution in [-0.2, 0) is 4.79 Å². The van der Waals surface area contributed by atoms with Crippen LogP contribution >= 0.6 is 0 Å². The Morgan fingerprint density at radius 1 is 1.26 bits per heavy atom. The van der Waals surface area contributed by atoms with Gasteiger partial charge in [0.1, 0.15) is 0 Å². The number of urea groups is 1. The van der Waals surface area contributed by atoms with Gasteiger partial charge in [0.25, 0.3) is 0 Å². The second kappa shape index (κ2) is 4.69. The summed E-state index contributed by atoms with van der Waals surface area (Å²) in [7, 11) is 0. The van der Waals surface area contributed by atoms with Crippen LogP contribution in [0.5, 0.6) is 0 Å². The van der Waals surface area contributed by atoms with E-state index in [1.807, 2.05) is 0 Å². The van der Waals surface area contributed by atoms with Crippen molar-refractivity contribution in [2.75, 3.05) is 13.1 Å². The summed E-state index contributed by atoms with van der Waals surface area (Å²) in [5.74, 6) is 0.0162. The van der Waals surface area contributed by atoms with E-state index >= 15 is 0 Å². The molecule has 2 saturated carbocycles. The molecule has 3 rings (SSSR count). The summed E-state index contributed by atoms with van der Waals surface area (Å²) in [4.78, 5) is 24.7. The molecule has 0 aromatic heterocycles. The van der Waals surface area contributed by atoms with Crippen LogP contribution < -0.4 is 5.32 Å². The molecule has 0 spiro atoms. The first-order chi connectivity index (χ1) is 9.11. The van der Waals surface area contributed by atoms with Crippen molar-refractivity contribution in [3.05, 3.63) is 0 Å². The number of carbonyl (C=O) groups is 2. The Labute approximate surface area is 113 Å². The van der Waals surface area contributed by atoms with E-state index in [1.165, 1.54) is 25.7 Å². The van der Waals surface area contributed by atoms with Crippen molar-refractivity contribution in [3.63, 3.8) is 0 Å². The predicted molar refractivity (Wildman–Crippen MR) is 69.8 cm³/mol. The van der Waals surface area contributed by atoms with Crippen molar-refractivity contribution >= 4 is 12.0 Å². The molecule has 19 heavy (non-hydrogen) atoms. The first kappa shape index (κ1) is 12.8. The highest BCUT2D eigenvalue weighted by atomic mass is 16.4. The molecule has 0 aromatic carbocycles. The van der Waals surface area contributed by atoms with E-state index in [2.05, 4.69) is 5.32 Å². The quantitative estimate of drug-likeness (QED) is 0.797. The van der Waals surface area contributed by atoms with E-state index in [1.54, 1.807) is 4.90 Å². The standard InChI is InChI=1S/C14H22N2O3/c17-12(18)8-11-2-1-7-16(11)13(19)15-9-14(5-6-14)10-3-4-10/h10-11H,1-9H2,(H,15,19)(H,17,18). The lowest BCUT2D eigenvalue weighted by atomic mass is 10.0. The van der Waals surface area contributed by atoms with Crippen LogP contribution in [0.25, 0.3) is 0 Å². The zero-order valence-electron chi connectivity index (χ0n) is 11.2. The molecule has 1 aliphatic heterocycles. The van der Waals surface area contributed by atoms with Crippen LogP contribution in [0.4, 0.5) is 4.79 Å². The summed E-state index contributed by atoms with van der Waals surface area (Å²) in [6, 6.07) is -0.177. The van der Waals surface area contributed by atoms with Crippen molar-refractivity contribution in [2.24, 2.45) is 11.3 Å². The minimum Gasteiger partial charge on any atom is -0.481 e. The molecule has 1 heterocycles. The highest BCUT2D eigenvalue weighted by Gasteiger charge is 2.53. The van der Waals surface area contributed by atoms with Crippen molar-refractivity contribution in [1.29, 1.82) is 0 Å². The van der Waals surface area contributed by atoms with Gasteiger partial charge in [-0.05, 0) is 49.9 Å². The highest BCUT2D eigenvalue weighted by molar-refractivity contribution is 5.76. The van der Waals surface area contributed by atoms with E-state index in [4.69, 9.17) is 5.11 Å². The van der Waals surface area contributed by atoms with Gasteiger partial charge in [-0.2, -0.15) is 0 Å². The normalized spacial score (nSPS) is 28.2. The van der Waals surface area contributed by atoms with Crippen LogP contribution in [0.15, 0.2) is 0 Å². The molecule has 0 bridgehead atoms. The molecule has 5 nitrogen and oxygen atoms in total. The largest absolute Gasteiger partial charge is 0.481 e. The monoisotopic (exact) mass is 266 g/mol. The SMILES string of the molecule is O=C(O)CC1CCCN1C(=O)NCC1(C2CC2)CC1. The third-order valence-electron chi connectivity index (χ3n) is 4.98. The number of nitrogens with one attached hydrogen (secondary N) is 1. The van der Waals surface area contributed by atoms with Gasteiger partial charge in [-0.3, -0.25) is 4.79 Å². The van der Waals surface area contributed by atoms with E-state index in [0.29, 0.717) is 12.0 Å². The van der Waals surface area contributed by atoms with Crippen LogP contribution in [0.3, 0.4) is 0 Å². The minimum absolute atomic E-state index is 0.0596. The highest BCUT2D eigenvalue weighted by Crippen LogP contribution is 2.60. The molecule has 0 radical (unpaired) electrons. The number of nitrogens with zero attached hydrogens (tertiary/aromatic N) is 1. The maximum Gasteiger partial charge on any atom is 0.317 e. The summed E-state index contributed by atoms with van der Waals surface area (Å²) in [6.45, 7) is 1.48. The van der Waals surface area contributed by atoms with Crippen molar-refractivity contribution in [2.45, 2.75) is 51.0 Å². The lowest BCUT2D eigenvalue weighted by molar-refractivity contribution is -0.137. The fourth-order valence-electron chi connectivity index (χ4n) is 3.46. The molecule has 2 aliphatic carbocycles. The summed E-state index contributed by atoms with van der Waals surface area (Å²) in [5, 5.41) is 11.9. The fraction of sp³-hybridized carbons (Fsp3) is 0.857. The van der Waals surface area contributed by atoms with Gasteiger partial charge in [-0.25, -0.2) is 4.79 Å². The summed E-state index contributed by atoms with van der Waals surface area (Å²) >= 11 is 0. The number of hydrogen-bond acceptors (Lipinski definition) is 2. The lowest BCUT2D eigenvalue weighted by Gasteiger charge is -2.25. The molecular formula is C14H22N2O3. The predicted octanol–water partition coefficient (Wildman–Crippen LogP) is 1.83. The van der Waals surface area contributed by atoms with Crippen LogP contribution in [0.1, 0.15) is 44.9 Å². The van der Waals surface area contributed by atoms with Gasteiger partial charge in [0, 0.05) is 19.1 Å². The van der Waals surface area contributed by atoms with E-state index in [0.717, 1.165) is 25.3 Å². The molecule has 3 aliphatic rings. The Hall–Kier alpha value is -1.26. The summed E-state index contributed by atoms with van der Waals surface area (Å²) in [5.41, 5.74) is 0.400. The van der Waals surface area contributed by atoms with Crippen LogP contribution in [0.2, 0.25) is 0 Å². The molecule has 2 N–H and O–H groups in total. The Bertz CT molecular complexity index is 388. The van der Waals surface area contributed by atoms with Gasteiger partial charge in [0.15, 0.2) is 0 Å². The smallest absolute Gasteiger partial charge is 0.317 e. The number of likely N-dealkylation sites (tertiary alicyclic amines) is 1. The first-order valence-electron chi connectivity index (χ1n) is 7.37. The molecular weight excluding hydrogens is 244 g/mol. The average molecular weight is 266 g/mol. The zero-order chi connectivity index (χ0) is 13.5. The number of rotatable bonds is 5. The molecule has 1 unspecified atom stereocenters. The second-order valence-electron chi connectivity index (χ2n) is 6.38. The second-order valence-corrected chi connectivity index (χ2v) is 6.38. The molecule has 1 saturated heterocycles. The van der Waals surface area contributed by atoms with Gasteiger partial charge < -0.3 is 15.3 Å². The minimum atomic E-state index is -0.818. The van der Waals surface area contributed by atoms with Gasteiger partial charge >= 0.3 is 12.0 Å². The fourth-order valence-corrected chi connectivity index (χ4v) is 3.46. The van der Waals surface area contributed by atoms with E-state index in [9.17, 15) is 9.59 Å². The number of amides is 2. The number of carboxylic acid groups (broad SMARTS) is 1. The third kappa shape index (κ3) is 2.69. The molecule has 3 fully saturated rings. The third-order valence-corrected chi connectivity index (χ3v) is 4.98. The number of aliphatic carboxylic acids is 1. The molecule has 1 atom stereocenters. The Morgan fingerprint density at radius 2 is 2.00 bits per heavy atom. The van der Waals surface area contributed by atoms with Gasteiger partial charge in [0.05, 0.1) is 6.42 Å². The van der Waals surface area contributed by atoms with Crippen molar-refractivity contribution in [1.82, 2.24) is 10.2 Å². The number of hydrogen-bond donors (Lipinski definition) is 2. The zero-order valence-corrected chi connectivity index (χ0v) is 11.2. The summed E-state index contributed by atoms with van der Waals surface area (Å²) in [6.07, 6.45) is 6.93. The Morgan fingerprint density at radius 3 is 2.58 bits per heavy atom. The number of carboxylic acids is 1. The van der Waals surface area contributed by atoms with Gasteiger partial charge in [-0.1, -0.05) is 0 Å². The maximum atomic E-state index is 12.2. The Kier molecular flexibility index (Phi) is 3.15. The molecule has 0 aromatic rings. The summed E-state index contributed by atoms with van der Waals surface area (Å²) < 4.78 is 0. The van der Waals surface area contributed by atoms with Crippen LogP contribution in [0, 0.1) is 11.3 Å². The van der Waals surface area contributed by atoms with Crippen molar-refractivity contribution < 1.29 is 14.7 Å². The van der Waals surface area contributed by atoms with E-state index < -0.39 is 5.97 Å². The lowest BCUT2D eigenvalue weighted by Crippen LogP contribution is -2.45. The van der Waals surface area contributed by atoms with Gasteiger partial charge in [-0.15, -0.1) is 0 Å². The first-order valence-corrected chi connectivity index (χ1v) is 7.37. The van der Waals surface area contributed by atoms with Crippen LogP contribution in [-0.4, -0.2) is 41.1 Å². The van der Waals surface area contributed by atoms with Crippen molar-refractivity contribution in [3.8, 4) is 0 Å². The average Bonchev–Trinajstić information content (AvgIpc) is 3.24.